The molecule has 0 aliphatic carbocycles. The predicted molar refractivity (Wildman–Crippen MR) is 82.4 cm³/mol. The van der Waals surface area contributed by atoms with Gasteiger partial charge in [0.25, 0.3) is 0 Å². The Balaban J connectivity index is 1.87. The lowest BCUT2D eigenvalue weighted by molar-refractivity contribution is -0.137. The second-order valence-electron chi connectivity index (χ2n) is 5.59. The molecule has 3 rings (SSSR count). The number of halogens is 3. The highest BCUT2D eigenvalue weighted by atomic mass is 19.4. The van der Waals surface area contributed by atoms with Crippen LogP contribution in [-0.2, 0) is 17.4 Å². The van der Waals surface area contributed by atoms with Crippen molar-refractivity contribution in [2.45, 2.75) is 25.4 Å². The zero-order chi connectivity index (χ0) is 16.6. The van der Waals surface area contributed by atoms with Gasteiger partial charge in [-0.1, -0.05) is 30.3 Å². The Hall–Kier alpha value is -2.30. The maximum Gasteiger partial charge on any atom is 0.416 e. The minimum absolute atomic E-state index is 0.00796. The predicted octanol–water partition coefficient (Wildman–Crippen LogP) is 4.40. The number of carbonyl (C=O) groups is 1. The molecule has 1 heterocycles. The van der Waals surface area contributed by atoms with Gasteiger partial charge in [-0.15, -0.1) is 0 Å². The van der Waals surface area contributed by atoms with Crippen LogP contribution in [0.1, 0.15) is 29.5 Å². The highest BCUT2D eigenvalue weighted by molar-refractivity contribution is 6.05. The third-order valence-electron chi connectivity index (χ3n) is 4.20. The van der Waals surface area contributed by atoms with Crippen LogP contribution in [-0.4, -0.2) is 12.5 Å². The summed E-state index contributed by atoms with van der Waals surface area (Å²) in [5, 5.41) is 0. The zero-order valence-electron chi connectivity index (χ0n) is 12.6. The first kappa shape index (κ1) is 15.6. The smallest absolute Gasteiger partial charge is 0.312 e. The van der Waals surface area contributed by atoms with Crippen molar-refractivity contribution in [3.05, 3.63) is 65.2 Å². The lowest BCUT2D eigenvalue weighted by Crippen LogP contribution is -2.29. The van der Waals surface area contributed by atoms with E-state index in [0.717, 1.165) is 28.9 Å². The summed E-state index contributed by atoms with van der Waals surface area (Å²) in [7, 11) is 0. The summed E-state index contributed by atoms with van der Waals surface area (Å²) < 4.78 is 37.9. The van der Waals surface area contributed by atoms with Crippen LogP contribution in [0.25, 0.3) is 0 Å². The molecule has 1 aliphatic heterocycles. The standard InChI is InChI=1S/C18H16F3NO/c1-2-22-16-6-4-3-5-14(16)15(17(22)23)11-12-7-9-13(10-8-12)18(19,20)21/h3-10,15H,2,11H2,1H3. The number of fused-ring (bicyclic) bond motifs is 1. The molecule has 0 spiro atoms. The summed E-state index contributed by atoms with van der Waals surface area (Å²) in [6, 6.07) is 12.6. The van der Waals surface area contributed by atoms with Crippen LogP contribution < -0.4 is 4.90 Å². The van der Waals surface area contributed by atoms with Gasteiger partial charge in [-0.25, -0.2) is 0 Å². The number of carbonyl (C=O) groups excluding carboxylic acids is 1. The summed E-state index contributed by atoms with van der Waals surface area (Å²) in [6.07, 6.45) is -3.93. The number of hydrogen-bond acceptors (Lipinski definition) is 1. The molecule has 0 bridgehead atoms. The van der Waals surface area contributed by atoms with Crippen molar-refractivity contribution in [2.75, 3.05) is 11.4 Å². The summed E-state index contributed by atoms with van der Waals surface area (Å²) in [6.45, 7) is 2.49. The first-order valence-corrected chi connectivity index (χ1v) is 7.48. The van der Waals surface area contributed by atoms with Crippen LogP contribution in [0.2, 0.25) is 0 Å². The van der Waals surface area contributed by atoms with Gasteiger partial charge in [0.2, 0.25) is 5.91 Å². The highest BCUT2D eigenvalue weighted by Crippen LogP contribution is 2.39. The van der Waals surface area contributed by atoms with Crippen LogP contribution >= 0.6 is 0 Å². The Morgan fingerprint density at radius 3 is 2.30 bits per heavy atom. The van der Waals surface area contributed by atoms with E-state index < -0.39 is 11.7 Å². The van der Waals surface area contributed by atoms with Crippen molar-refractivity contribution < 1.29 is 18.0 Å². The molecular weight excluding hydrogens is 303 g/mol. The van der Waals surface area contributed by atoms with Crippen molar-refractivity contribution in [2.24, 2.45) is 0 Å². The molecule has 0 radical (unpaired) electrons. The molecule has 0 saturated heterocycles. The number of amides is 1. The Bertz CT molecular complexity index is 722. The van der Waals surface area contributed by atoms with E-state index in [9.17, 15) is 18.0 Å². The van der Waals surface area contributed by atoms with Gasteiger partial charge >= 0.3 is 6.18 Å². The number of rotatable bonds is 3. The quantitative estimate of drug-likeness (QED) is 0.821. The molecule has 0 aromatic heterocycles. The van der Waals surface area contributed by atoms with E-state index in [-0.39, 0.29) is 11.8 Å². The summed E-state index contributed by atoms with van der Waals surface area (Å²) in [5.41, 5.74) is 1.90. The second-order valence-corrected chi connectivity index (χ2v) is 5.59. The van der Waals surface area contributed by atoms with E-state index in [2.05, 4.69) is 0 Å². The van der Waals surface area contributed by atoms with Crippen LogP contribution in [0.3, 0.4) is 0 Å². The summed E-state index contributed by atoms with van der Waals surface area (Å²) in [5.74, 6) is -0.323. The number of anilines is 1. The normalized spacial score (nSPS) is 17.5. The van der Waals surface area contributed by atoms with E-state index in [1.54, 1.807) is 4.90 Å². The highest BCUT2D eigenvalue weighted by Gasteiger charge is 2.36. The summed E-state index contributed by atoms with van der Waals surface area (Å²) >= 11 is 0. The van der Waals surface area contributed by atoms with E-state index in [1.165, 1.54) is 12.1 Å². The minimum atomic E-state index is -4.34. The third kappa shape index (κ3) is 2.83. The van der Waals surface area contributed by atoms with Gasteiger partial charge in [0.1, 0.15) is 0 Å². The number of para-hydroxylation sites is 1. The van der Waals surface area contributed by atoms with Gasteiger partial charge < -0.3 is 4.90 Å². The lowest BCUT2D eigenvalue weighted by atomic mass is 9.93. The van der Waals surface area contributed by atoms with E-state index in [0.29, 0.717) is 13.0 Å². The van der Waals surface area contributed by atoms with Crippen molar-refractivity contribution in [3.63, 3.8) is 0 Å². The van der Waals surface area contributed by atoms with Gasteiger partial charge in [-0.3, -0.25) is 4.79 Å². The van der Waals surface area contributed by atoms with Crippen LogP contribution in [0, 0.1) is 0 Å². The molecule has 1 atom stereocenters. The van der Waals surface area contributed by atoms with Gasteiger partial charge in [0, 0.05) is 12.2 Å². The molecule has 120 valence electrons. The molecular formula is C18H16F3NO. The van der Waals surface area contributed by atoms with Crippen LogP contribution in [0.4, 0.5) is 18.9 Å². The fourth-order valence-corrected chi connectivity index (χ4v) is 3.06. The largest absolute Gasteiger partial charge is 0.416 e. The number of likely N-dealkylation sites (N-methyl/N-ethyl adjacent to an activating group) is 1. The van der Waals surface area contributed by atoms with Crippen molar-refractivity contribution in [3.8, 4) is 0 Å². The monoisotopic (exact) mass is 319 g/mol. The van der Waals surface area contributed by atoms with Gasteiger partial charge in [-0.2, -0.15) is 13.2 Å². The zero-order valence-corrected chi connectivity index (χ0v) is 12.6. The van der Waals surface area contributed by atoms with Crippen molar-refractivity contribution in [1.82, 2.24) is 0 Å². The topological polar surface area (TPSA) is 20.3 Å². The first-order valence-electron chi connectivity index (χ1n) is 7.48. The van der Waals surface area contributed by atoms with Gasteiger partial charge in [0.15, 0.2) is 0 Å². The Labute approximate surface area is 132 Å². The number of alkyl halides is 3. The van der Waals surface area contributed by atoms with Crippen molar-refractivity contribution in [1.29, 1.82) is 0 Å². The molecule has 2 nitrogen and oxygen atoms in total. The molecule has 0 N–H and O–H groups in total. The third-order valence-corrected chi connectivity index (χ3v) is 4.20. The van der Waals surface area contributed by atoms with Crippen LogP contribution in [0.5, 0.6) is 0 Å². The molecule has 23 heavy (non-hydrogen) atoms. The van der Waals surface area contributed by atoms with Gasteiger partial charge in [-0.05, 0) is 42.7 Å². The Morgan fingerprint density at radius 1 is 1.04 bits per heavy atom. The van der Waals surface area contributed by atoms with E-state index in [4.69, 9.17) is 0 Å². The van der Waals surface area contributed by atoms with E-state index in [1.807, 2.05) is 31.2 Å². The number of hydrogen-bond donors (Lipinski definition) is 0. The SMILES string of the molecule is CCN1C(=O)C(Cc2ccc(C(F)(F)F)cc2)c2ccccc21. The molecule has 1 aliphatic rings. The Morgan fingerprint density at radius 2 is 1.70 bits per heavy atom. The molecule has 5 heteroatoms. The maximum absolute atomic E-state index is 12.6. The maximum atomic E-state index is 12.6. The lowest BCUT2D eigenvalue weighted by Gasteiger charge is -2.15. The first-order chi connectivity index (χ1) is 10.9. The average Bonchev–Trinajstić information content (AvgIpc) is 2.79. The van der Waals surface area contributed by atoms with Crippen molar-refractivity contribution >= 4 is 11.6 Å². The molecule has 1 unspecified atom stereocenters. The minimum Gasteiger partial charge on any atom is -0.312 e. The second kappa shape index (κ2) is 5.72. The fourth-order valence-electron chi connectivity index (χ4n) is 3.06. The van der Waals surface area contributed by atoms with Gasteiger partial charge in [0.05, 0.1) is 11.5 Å². The average molecular weight is 319 g/mol. The van der Waals surface area contributed by atoms with E-state index >= 15 is 0 Å². The Kier molecular flexibility index (Phi) is 3.88. The number of benzene rings is 2. The molecule has 0 fully saturated rings. The number of nitrogens with zero attached hydrogens (tertiary/aromatic N) is 1. The molecule has 2 aromatic rings. The summed E-state index contributed by atoms with van der Waals surface area (Å²) in [4.78, 5) is 14.3. The molecule has 2 aromatic carbocycles. The molecule has 1 amide bonds. The molecule has 0 saturated carbocycles. The fraction of sp³-hybridized carbons (Fsp3) is 0.278. The van der Waals surface area contributed by atoms with Crippen LogP contribution in [0.15, 0.2) is 48.5 Å².